The average molecular weight is 361 g/mol. The molecule has 0 spiro atoms. The fraction of sp³-hybridized carbons (Fsp3) is 0.500. The molecule has 8 nitrogen and oxygen atoms in total. The number of anilines is 1. The van der Waals surface area contributed by atoms with E-state index < -0.39 is 0 Å². The molecule has 3 rings (SSSR count). The zero-order chi connectivity index (χ0) is 18.7. The summed E-state index contributed by atoms with van der Waals surface area (Å²) < 4.78 is 10.0. The molecule has 26 heavy (non-hydrogen) atoms. The minimum atomic E-state index is -0.231. The third kappa shape index (κ3) is 3.96. The van der Waals surface area contributed by atoms with Crippen molar-refractivity contribution in [2.45, 2.75) is 18.9 Å². The van der Waals surface area contributed by atoms with E-state index >= 15 is 0 Å². The summed E-state index contributed by atoms with van der Waals surface area (Å²) in [5.74, 6) is 0.126. The topological polar surface area (TPSA) is 79.4 Å². The predicted molar refractivity (Wildman–Crippen MR) is 93.7 cm³/mol. The maximum Gasteiger partial charge on any atom is 0.249 e. The summed E-state index contributed by atoms with van der Waals surface area (Å²) in [6, 6.07) is 7.21. The molecular formula is C18H23N3O5. The summed E-state index contributed by atoms with van der Waals surface area (Å²) in [5.41, 5.74) is 0.709. The third-order valence-electron chi connectivity index (χ3n) is 4.56. The lowest BCUT2D eigenvalue weighted by atomic mass is 10.3. The highest BCUT2D eigenvalue weighted by Crippen LogP contribution is 2.27. The molecule has 2 aliphatic rings. The van der Waals surface area contributed by atoms with E-state index in [4.69, 9.17) is 9.47 Å². The van der Waals surface area contributed by atoms with Gasteiger partial charge in [-0.25, -0.2) is 0 Å². The minimum Gasteiger partial charge on any atom is -0.497 e. The number of methoxy groups -OCH3 is 2. The van der Waals surface area contributed by atoms with E-state index in [9.17, 15) is 14.4 Å². The molecule has 3 amide bonds. The number of hydrogen-bond acceptors (Lipinski definition) is 5. The molecular weight excluding hydrogens is 338 g/mol. The number of nitrogens with zero attached hydrogens (tertiary/aromatic N) is 3. The highest BCUT2D eigenvalue weighted by molar-refractivity contribution is 6.00. The maximum absolute atomic E-state index is 12.6. The van der Waals surface area contributed by atoms with Crippen LogP contribution in [-0.4, -0.2) is 74.1 Å². The molecule has 0 bridgehead atoms. The van der Waals surface area contributed by atoms with Gasteiger partial charge in [-0.3, -0.25) is 19.3 Å². The Labute approximate surface area is 152 Å². The molecule has 2 fully saturated rings. The Bertz CT molecular complexity index is 687. The van der Waals surface area contributed by atoms with Crippen molar-refractivity contribution in [1.29, 1.82) is 0 Å². The molecule has 1 saturated heterocycles. The fourth-order valence-electron chi connectivity index (χ4n) is 2.96. The Hall–Kier alpha value is -2.61. The Morgan fingerprint density at radius 2 is 1.88 bits per heavy atom. The second kappa shape index (κ2) is 7.74. The molecule has 1 aliphatic heterocycles. The lowest BCUT2D eigenvalue weighted by molar-refractivity contribution is -0.143. The quantitative estimate of drug-likeness (QED) is 0.705. The van der Waals surface area contributed by atoms with Crippen LogP contribution in [0, 0.1) is 0 Å². The van der Waals surface area contributed by atoms with Crippen LogP contribution < -0.4 is 9.64 Å². The largest absolute Gasteiger partial charge is 0.497 e. The van der Waals surface area contributed by atoms with Crippen LogP contribution in [0.15, 0.2) is 24.3 Å². The molecule has 1 aromatic rings. The first-order valence-electron chi connectivity index (χ1n) is 8.54. The molecule has 140 valence electrons. The van der Waals surface area contributed by atoms with Crippen LogP contribution in [0.5, 0.6) is 5.75 Å². The predicted octanol–water partition coefficient (Wildman–Crippen LogP) is 0.465. The van der Waals surface area contributed by atoms with Crippen molar-refractivity contribution in [3.05, 3.63) is 24.3 Å². The summed E-state index contributed by atoms with van der Waals surface area (Å²) in [6.07, 6.45) is 1.80. The van der Waals surface area contributed by atoms with Gasteiger partial charge in [0.05, 0.1) is 7.11 Å². The van der Waals surface area contributed by atoms with Gasteiger partial charge in [0.1, 0.15) is 32.1 Å². The zero-order valence-corrected chi connectivity index (χ0v) is 15.0. The van der Waals surface area contributed by atoms with Gasteiger partial charge in [0.25, 0.3) is 0 Å². The number of amides is 3. The molecule has 0 N–H and O–H groups in total. The molecule has 1 heterocycles. The van der Waals surface area contributed by atoms with Gasteiger partial charge in [0, 0.05) is 18.8 Å². The van der Waals surface area contributed by atoms with Crippen molar-refractivity contribution < 1.29 is 23.9 Å². The van der Waals surface area contributed by atoms with E-state index in [0.717, 1.165) is 12.8 Å². The summed E-state index contributed by atoms with van der Waals surface area (Å²) >= 11 is 0. The van der Waals surface area contributed by atoms with Gasteiger partial charge < -0.3 is 19.3 Å². The standard InChI is InChI=1S/C18H23N3O5/c1-25-11-18(24)20(13-3-4-13)10-16(22)19-9-17(23)21(12-19)14-5-7-15(26-2)8-6-14/h5-8,13H,3-4,9-12H2,1-2H3. The molecule has 1 aromatic carbocycles. The van der Waals surface area contributed by atoms with Crippen LogP contribution in [0.1, 0.15) is 12.8 Å². The number of carbonyl (C=O) groups is 3. The first-order chi connectivity index (χ1) is 12.5. The van der Waals surface area contributed by atoms with Crippen molar-refractivity contribution >= 4 is 23.4 Å². The SMILES string of the molecule is COCC(=O)N(CC(=O)N1CC(=O)N(c2ccc(OC)cc2)C1)C1CC1. The van der Waals surface area contributed by atoms with E-state index in [1.807, 2.05) is 0 Å². The molecule has 8 heteroatoms. The Morgan fingerprint density at radius 3 is 2.46 bits per heavy atom. The van der Waals surface area contributed by atoms with Gasteiger partial charge in [0.2, 0.25) is 17.7 Å². The highest BCUT2D eigenvalue weighted by atomic mass is 16.5. The van der Waals surface area contributed by atoms with Crippen LogP contribution in [0.3, 0.4) is 0 Å². The van der Waals surface area contributed by atoms with Gasteiger partial charge in [-0.1, -0.05) is 0 Å². The second-order valence-electron chi connectivity index (χ2n) is 6.44. The van der Waals surface area contributed by atoms with Gasteiger partial charge in [0.15, 0.2) is 0 Å². The minimum absolute atomic E-state index is 0.0157. The molecule has 0 atom stereocenters. The van der Waals surface area contributed by atoms with E-state index in [2.05, 4.69) is 0 Å². The molecule has 1 aliphatic carbocycles. The highest BCUT2D eigenvalue weighted by Gasteiger charge is 2.37. The van der Waals surface area contributed by atoms with E-state index in [1.54, 1.807) is 41.2 Å². The Balaban J connectivity index is 1.63. The van der Waals surface area contributed by atoms with Crippen molar-refractivity contribution in [3.63, 3.8) is 0 Å². The maximum atomic E-state index is 12.6. The second-order valence-corrected chi connectivity index (χ2v) is 6.44. The number of hydrogen-bond donors (Lipinski definition) is 0. The molecule has 0 radical (unpaired) electrons. The summed E-state index contributed by atoms with van der Waals surface area (Å²) in [5, 5.41) is 0. The average Bonchev–Trinajstić information content (AvgIpc) is 3.41. The Morgan fingerprint density at radius 1 is 1.19 bits per heavy atom. The van der Waals surface area contributed by atoms with Gasteiger partial charge >= 0.3 is 0 Å². The summed E-state index contributed by atoms with van der Waals surface area (Å²) in [6.45, 7) is 0.139. The Kier molecular flexibility index (Phi) is 5.41. The molecule has 1 saturated carbocycles. The third-order valence-corrected chi connectivity index (χ3v) is 4.56. The lowest BCUT2D eigenvalue weighted by Gasteiger charge is -2.24. The number of benzene rings is 1. The van der Waals surface area contributed by atoms with E-state index in [0.29, 0.717) is 11.4 Å². The van der Waals surface area contributed by atoms with E-state index in [-0.39, 0.29) is 50.1 Å². The smallest absolute Gasteiger partial charge is 0.249 e. The van der Waals surface area contributed by atoms with Crippen LogP contribution >= 0.6 is 0 Å². The van der Waals surface area contributed by atoms with Gasteiger partial charge in [-0.2, -0.15) is 0 Å². The van der Waals surface area contributed by atoms with Gasteiger partial charge in [-0.05, 0) is 37.1 Å². The number of ether oxygens (including phenoxy) is 2. The van der Waals surface area contributed by atoms with Crippen LogP contribution in [0.25, 0.3) is 0 Å². The lowest BCUT2D eigenvalue weighted by Crippen LogP contribution is -2.44. The van der Waals surface area contributed by atoms with Crippen LogP contribution in [0.4, 0.5) is 5.69 Å². The first kappa shape index (κ1) is 18.2. The van der Waals surface area contributed by atoms with Crippen LogP contribution in [0.2, 0.25) is 0 Å². The first-order valence-corrected chi connectivity index (χ1v) is 8.54. The van der Waals surface area contributed by atoms with Crippen LogP contribution in [-0.2, 0) is 19.1 Å². The zero-order valence-electron chi connectivity index (χ0n) is 15.0. The monoisotopic (exact) mass is 361 g/mol. The van der Waals surface area contributed by atoms with Crippen molar-refractivity contribution in [1.82, 2.24) is 9.80 Å². The normalized spacial score (nSPS) is 16.8. The van der Waals surface area contributed by atoms with Crippen molar-refractivity contribution in [2.75, 3.05) is 45.5 Å². The fourth-order valence-corrected chi connectivity index (χ4v) is 2.96. The van der Waals surface area contributed by atoms with Crippen molar-refractivity contribution in [3.8, 4) is 5.75 Å². The van der Waals surface area contributed by atoms with Gasteiger partial charge in [-0.15, -0.1) is 0 Å². The van der Waals surface area contributed by atoms with Crippen molar-refractivity contribution in [2.24, 2.45) is 0 Å². The number of carbonyl (C=O) groups excluding carboxylic acids is 3. The molecule has 0 unspecified atom stereocenters. The van der Waals surface area contributed by atoms with E-state index in [1.165, 1.54) is 12.0 Å². The summed E-state index contributed by atoms with van der Waals surface area (Å²) in [4.78, 5) is 41.6. The number of rotatable bonds is 7. The molecule has 0 aromatic heterocycles. The summed E-state index contributed by atoms with van der Waals surface area (Å²) in [7, 11) is 3.03.